The van der Waals surface area contributed by atoms with Crippen LogP contribution < -0.4 is 0 Å². The third kappa shape index (κ3) is 6.79. The van der Waals surface area contributed by atoms with Crippen LogP contribution in [0, 0.1) is 0 Å². The molecule has 0 radical (unpaired) electrons. The Morgan fingerprint density at radius 3 is 2.36 bits per heavy atom. The molecule has 64 valence electrons. The first kappa shape index (κ1) is 9.90. The Balaban J connectivity index is 3.30. The van der Waals surface area contributed by atoms with Gasteiger partial charge in [-0.1, -0.05) is 0 Å². The first-order valence-corrected chi connectivity index (χ1v) is 2.94. The van der Waals surface area contributed by atoms with E-state index in [-0.39, 0.29) is 13.4 Å². The quantitative estimate of drug-likeness (QED) is 0.419. The average Bonchev–Trinajstić information content (AvgIpc) is 1.97. The molecule has 0 heterocycles. The fraction of sp³-hybridized carbons (Fsp3) is 0.667. The summed E-state index contributed by atoms with van der Waals surface area (Å²) >= 11 is 0. The van der Waals surface area contributed by atoms with Gasteiger partial charge in [-0.05, 0) is 0 Å². The summed E-state index contributed by atoms with van der Waals surface area (Å²) in [5.74, 6) is -1.14. The van der Waals surface area contributed by atoms with Crippen LogP contribution in [-0.4, -0.2) is 32.4 Å². The average molecular weight is 162 g/mol. The lowest BCUT2D eigenvalue weighted by atomic mass is 10.7. The third-order valence-electron chi connectivity index (χ3n) is 0.731. The van der Waals surface area contributed by atoms with Gasteiger partial charge in [0, 0.05) is 14.0 Å². The lowest BCUT2D eigenvalue weighted by Crippen LogP contribution is -2.15. The van der Waals surface area contributed by atoms with Gasteiger partial charge in [-0.25, -0.2) is 4.79 Å². The Bertz CT molecular complexity index is 142. The Morgan fingerprint density at radius 2 is 1.91 bits per heavy atom. The molecule has 0 amide bonds. The van der Waals surface area contributed by atoms with Gasteiger partial charge in [-0.15, -0.1) is 0 Å². The SMILES string of the molecule is COCOC(=O)COC(C)=O. The molecule has 11 heavy (non-hydrogen) atoms. The Kier molecular flexibility index (Phi) is 5.10. The zero-order valence-corrected chi connectivity index (χ0v) is 6.46. The number of carbonyl (C=O) groups excluding carboxylic acids is 2. The topological polar surface area (TPSA) is 61.8 Å². The minimum absolute atomic E-state index is 0.125. The van der Waals surface area contributed by atoms with E-state index < -0.39 is 11.9 Å². The van der Waals surface area contributed by atoms with Crippen molar-refractivity contribution in [3.05, 3.63) is 0 Å². The standard InChI is InChI=1S/C6H10O5/c1-5(7)10-3-6(8)11-4-9-2/h3-4H2,1-2H3. The minimum atomic E-state index is -0.623. The number of rotatable bonds is 4. The van der Waals surface area contributed by atoms with Crippen molar-refractivity contribution in [2.75, 3.05) is 20.5 Å². The van der Waals surface area contributed by atoms with Gasteiger partial charge in [0.25, 0.3) is 0 Å². The van der Waals surface area contributed by atoms with Crippen LogP contribution in [0.15, 0.2) is 0 Å². The van der Waals surface area contributed by atoms with Crippen LogP contribution in [0.3, 0.4) is 0 Å². The van der Waals surface area contributed by atoms with E-state index in [4.69, 9.17) is 0 Å². The first-order chi connectivity index (χ1) is 5.16. The van der Waals surface area contributed by atoms with Crippen LogP contribution in [0.5, 0.6) is 0 Å². The van der Waals surface area contributed by atoms with Gasteiger partial charge in [-0.2, -0.15) is 0 Å². The molecular formula is C6H10O5. The molecule has 0 aliphatic heterocycles. The predicted octanol–water partition coefficient (Wildman–Crippen LogP) is -0.303. The fourth-order valence-corrected chi connectivity index (χ4v) is 0.327. The second kappa shape index (κ2) is 5.67. The Morgan fingerprint density at radius 1 is 1.27 bits per heavy atom. The summed E-state index contributed by atoms with van der Waals surface area (Å²) in [7, 11) is 1.39. The van der Waals surface area contributed by atoms with E-state index in [9.17, 15) is 9.59 Å². The minimum Gasteiger partial charge on any atom is -0.454 e. The predicted molar refractivity (Wildman–Crippen MR) is 34.6 cm³/mol. The van der Waals surface area contributed by atoms with Crippen LogP contribution in [0.25, 0.3) is 0 Å². The zero-order chi connectivity index (χ0) is 8.69. The smallest absolute Gasteiger partial charge is 0.346 e. The largest absolute Gasteiger partial charge is 0.454 e. The Labute approximate surface area is 64.2 Å². The Hall–Kier alpha value is -1.10. The summed E-state index contributed by atoms with van der Waals surface area (Å²) in [6, 6.07) is 0. The van der Waals surface area contributed by atoms with Crippen molar-refractivity contribution in [2.45, 2.75) is 6.92 Å². The van der Waals surface area contributed by atoms with Crippen molar-refractivity contribution in [2.24, 2.45) is 0 Å². The van der Waals surface area contributed by atoms with Gasteiger partial charge in [0.15, 0.2) is 13.4 Å². The highest BCUT2D eigenvalue weighted by molar-refractivity contribution is 5.75. The van der Waals surface area contributed by atoms with E-state index in [1.54, 1.807) is 0 Å². The van der Waals surface area contributed by atoms with E-state index in [1.165, 1.54) is 14.0 Å². The molecule has 0 rings (SSSR count). The lowest BCUT2D eigenvalue weighted by molar-refractivity contribution is -0.164. The van der Waals surface area contributed by atoms with Gasteiger partial charge in [-0.3, -0.25) is 4.79 Å². The summed E-state index contributed by atoms with van der Waals surface area (Å²) < 4.78 is 13.2. The monoisotopic (exact) mass is 162 g/mol. The van der Waals surface area contributed by atoms with Crippen molar-refractivity contribution in [1.82, 2.24) is 0 Å². The van der Waals surface area contributed by atoms with Crippen LogP contribution in [0.2, 0.25) is 0 Å². The fourth-order valence-electron chi connectivity index (χ4n) is 0.327. The molecule has 0 aromatic carbocycles. The van der Waals surface area contributed by atoms with E-state index in [1.807, 2.05) is 0 Å². The van der Waals surface area contributed by atoms with Crippen LogP contribution >= 0.6 is 0 Å². The molecule has 0 fully saturated rings. The summed E-state index contributed by atoms with van der Waals surface area (Å²) in [6.45, 7) is 0.725. The van der Waals surface area contributed by atoms with Crippen molar-refractivity contribution in [3.8, 4) is 0 Å². The van der Waals surface area contributed by atoms with Gasteiger partial charge in [0.2, 0.25) is 0 Å². The molecule has 5 nitrogen and oxygen atoms in total. The number of esters is 2. The maximum Gasteiger partial charge on any atom is 0.346 e. The van der Waals surface area contributed by atoms with Gasteiger partial charge >= 0.3 is 11.9 Å². The number of methoxy groups -OCH3 is 1. The maximum absolute atomic E-state index is 10.5. The first-order valence-electron chi connectivity index (χ1n) is 2.94. The number of carbonyl (C=O) groups is 2. The molecule has 5 heteroatoms. The molecule has 0 atom stereocenters. The van der Waals surface area contributed by atoms with Gasteiger partial charge in [0.05, 0.1) is 0 Å². The zero-order valence-electron chi connectivity index (χ0n) is 6.46. The van der Waals surface area contributed by atoms with E-state index >= 15 is 0 Å². The van der Waals surface area contributed by atoms with E-state index in [0.717, 1.165) is 0 Å². The number of ether oxygens (including phenoxy) is 3. The molecule has 0 aliphatic carbocycles. The molecule has 0 unspecified atom stereocenters. The lowest BCUT2D eigenvalue weighted by Gasteiger charge is -2.02. The highest BCUT2D eigenvalue weighted by atomic mass is 16.7. The number of hydrogen-bond donors (Lipinski definition) is 0. The molecule has 0 aromatic heterocycles. The van der Waals surface area contributed by atoms with Crippen LogP contribution in [-0.2, 0) is 23.8 Å². The van der Waals surface area contributed by atoms with Crippen molar-refractivity contribution < 1.29 is 23.8 Å². The second-order valence-corrected chi connectivity index (χ2v) is 1.70. The molecule has 0 aromatic rings. The molecular weight excluding hydrogens is 152 g/mol. The molecule has 0 aliphatic rings. The van der Waals surface area contributed by atoms with Gasteiger partial charge < -0.3 is 14.2 Å². The van der Waals surface area contributed by atoms with Crippen LogP contribution in [0.1, 0.15) is 6.92 Å². The van der Waals surface area contributed by atoms with Crippen molar-refractivity contribution in [1.29, 1.82) is 0 Å². The molecule has 0 saturated heterocycles. The van der Waals surface area contributed by atoms with Gasteiger partial charge in [0.1, 0.15) is 0 Å². The van der Waals surface area contributed by atoms with E-state index in [2.05, 4.69) is 14.2 Å². The molecule has 0 bridgehead atoms. The summed E-state index contributed by atoms with van der Waals surface area (Å²) in [5.41, 5.74) is 0. The molecule has 0 spiro atoms. The maximum atomic E-state index is 10.5. The molecule has 0 saturated carbocycles. The van der Waals surface area contributed by atoms with E-state index in [0.29, 0.717) is 0 Å². The third-order valence-corrected chi connectivity index (χ3v) is 0.731. The summed E-state index contributed by atoms with van der Waals surface area (Å²) in [6.07, 6.45) is 0. The highest BCUT2D eigenvalue weighted by Crippen LogP contribution is 1.82. The second-order valence-electron chi connectivity index (χ2n) is 1.70. The molecule has 0 N–H and O–H groups in total. The summed E-state index contributed by atoms with van der Waals surface area (Å²) in [5, 5.41) is 0. The van der Waals surface area contributed by atoms with Crippen molar-refractivity contribution >= 4 is 11.9 Å². The van der Waals surface area contributed by atoms with Crippen LogP contribution in [0.4, 0.5) is 0 Å². The number of hydrogen-bond acceptors (Lipinski definition) is 5. The highest BCUT2D eigenvalue weighted by Gasteiger charge is 2.03. The normalized spacial score (nSPS) is 8.91. The summed E-state index contributed by atoms with van der Waals surface area (Å²) in [4.78, 5) is 20.7. The van der Waals surface area contributed by atoms with Crippen molar-refractivity contribution in [3.63, 3.8) is 0 Å².